The fourth-order valence-corrected chi connectivity index (χ4v) is 2.32. The summed E-state index contributed by atoms with van der Waals surface area (Å²) >= 11 is 9.48. The Morgan fingerprint density at radius 3 is 3.06 bits per heavy atom. The second-order valence-electron chi connectivity index (χ2n) is 4.06. The van der Waals surface area contributed by atoms with Crippen LogP contribution in [0.15, 0.2) is 35.2 Å². The van der Waals surface area contributed by atoms with Gasteiger partial charge in [0.15, 0.2) is 0 Å². The second-order valence-corrected chi connectivity index (χ2v) is 5.35. The van der Waals surface area contributed by atoms with E-state index in [2.05, 4.69) is 37.7 Å². The van der Waals surface area contributed by atoms with Crippen LogP contribution in [0.25, 0.3) is 0 Å². The average Bonchev–Trinajstić information content (AvgIpc) is 2.78. The molecule has 2 rings (SSSR count). The number of rotatable bonds is 5. The molecular formula is C13H15BrClN3. The highest BCUT2D eigenvalue weighted by Crippen LogP contribution is 2.26. The number of aryl methyl sites for hydroxylation is 1. The summed E-state index contributed by atoms with van der Waals surface area (Å²) in [5, 5.41) is 4.09. The molecule has 0 amide bonds. The first-order valence-electron chi connectivity index (χ1n) is 5.88. The first-order chi connectivity index (χ1) is 8.70. The molecule has 3 nitrogen and oxygen atoms in total. The van der Waals surface area contributed by atoms with Gasteiger partial charge in [0.05, 0.1) is 24.3 Å². The van der Waals surface area contributed by atoms with E-state index in [0.29, 0.717) is 0 Å². The maximum absolute atomic E-state index is 5.98. The standard InChI is InChI=1S/C13H15BrClN3/c1-2-5-18-9-16-7-11(18)8-17-13-6-10(15)3-4-12(13)14/h3-4,6-7,9,17H,2,5,8H2,1H3. The molecule has 0 aliphatic rings. The first-order valence-corrected chi connectivity index (χ1v) is 7.05. The Morgan fingerprint density at radius 2 is 2.28 bits per heavy atom. The lowest BCUT2D eigenvalue weighted by molar-refractivity contribution is 0.651. The highest BCUT2D eigenvalue weighted by molar-refractivity contribution is 9.10. The predicted octanol–water partition coefficient (Wildman–Crippen LogP) is 4.32. The van der Waals surface area contributed by atoms with Crippen molar-refractivity contribution in [3.8, 4) is 0 Å². The normalized spacial score (nSPS) is 10.6. The summed E-state index contributed by atoms with van der Waals surface area (Å²) < 4.78 is 3.17. The second kappa shape index (κ2) is 6.25. The van der Waals surface area contributed by atoms with E-state index < -0.39 is 0 Å². The maximum atomic E-state index is 5.98. The van der Waals surface area contributed by atoms with Crippen LogP contribution in [0, 0.1) is 0 Å². The summed E-state index contributed by atoms with van der Waals surface area (Å²) in [6, 6.07) is 5.71. The van der Waals surface area contributed by atoms with Gasteiger partial charge in [0.25, 0.3) is 0 Å². The third kappa shape index (κ3) is 3.27. The molecule has 96 valence electrons. The van der Waals surface area contributed by atoms with Gasteiger partial charge < -0.3 is 9.88 Å². The van der Waals surface area contributed by atoms with Crippen LogP contribution in [0.1, 0.15) is 19.0 Å². The number of hydrogen-bond donors (Lipinski definition) is 1. The maximum Gasteiger partial charge on any atom is 0.0948 e. The Bertz CT molecular complexity index is 525. The van der Waals surface area contributed by atoms with Crippen molar-refractivity contribution < 1.29 is 0 Å². The molecule has 5 heteroatoms. The van der Waals surface area contributed by atoms with Gasteiger partial charge in [0.1, 0.15) is 0 Å². The SMILES string of the molecule is CCCn1cncc1CNc1cc(Cl)ccc1Br. The number of nitrogens with one attached hydrogen (secondary N) is 1. The van der Waals surface area contributed by atoms with Gasteiger partial charge in [-0.15, -0.1) is 0 Å². The van der Waals surface area contributed by atoms with Crippen LogP contribution >= 0.6 is 27.5 Å². The summed E-state index contributed by atoms with van der Waals surface area (Å²) in [5.41, 5.74) is 2.16. The number of anilines is 1. The summed E-state index contributed by atoms with van der Waals surface area (Å²) in [4.78, 5) is 4.18. The van der Waals surface area contributed by atoms with E-state index in [0.717, 1.165) is 34.7 Å². The van der Waals surface area contributed by atoms with Gasteiger partial charge in [-0.05, 0) is 40.5 Å². The lowest BCUT2D eigenvalue weighted by Gasteiger charge is -2.11. The van der Waals surface area contributed by atoms with Crippen LogP contribution in [-0.4, -0.2) is 9.55 Å². The first kappa shape index (κ1) is 13.4. The van der Waals surface area contributed by atoms with E-state index in [4.69, 9.17) is 11.6 Å². The molecule has 0 unspecified atom stereocenters. The fourth-order valence-electron chi connectivity index (χ4n) is 1.76. The molecular weight excluding hydrogens is 314 g/mol. The number of imidazole rings is 1. The van der Waals surface area contributed by atoms with E-state index in [1.54, 1.807) is 0 Å². The third-order valence-electron chi connectivity index (χ3n) is 2.65. The summed E-state index contributed by atoms with van der Waals surface area (Å²) in [6.07, 6.45) is 4.86. The van der Waals surface area contributed by atoms with Gasteiger partial charge in [-0.25, -0.2) is 4.98 Å². The molecule has 1 N–H and O–H groups in total. The van der Waals surface area contributed by atoms with Crippen molar-refractivity contribution in [2.75, 3.05) is 5.32 Å². The van der Waals surface area contributed by atoms with Crippen LogP contribution in [0.3, 0.4) is 0 Å². The smallest absolute Gasteiger partial charge is 0.0948 e. The minimum Gasteiger partial charge on any atom is -0.378 e. The molecule has 0 bridgehead atoms. The molecule has 0 saturated carbocycles. The largest absolute Gasteiger partial charge is 0.378 e. The fraction of sp³-hybridized carbons (Fsp3) is 0.308. The zero-order valence-electron chi connectivity index (χ0n) is 10.2. The highest BCUT2D eigenvalue weighted by atomic mass is 79.9. The van der Waals surface area contributed by atoms with Crippen molar-refractivity contribution in [2.24, 2.45) is 0 Å². The van der Waals surface area contributed by atoms with Gasteiger partial charge in [0, 0.05) is 22.2 Å². The van der Waals surface area contributed by atoms with Crippen LogP contribution in [-0.2, 0) is 13.1 Å². The number of nitrogens with zero attached hydrogens (tertiary/aromatic N) is 2. The van der Waals surface area contributed by atoms with Crippen molar-refractivity contribution in [3.63, 3.8) is 0 Å². The summed E-state index contributed by atoms with van der Waals surface area (Å²) in [6.45, 7) is 3.89. The Labute approximate surface area is 120 Å². The van der Waals surface area contributed by atoms with Crippen molar-refractivity contribution in [1.29, 1.82) is 0 Å². The molecule has 18 heavy (non-hydrogen) atoms. The van der Waals surface area contributed by atoms with E-state index in [1.807, 2.05) is 30.7 Å². The number of aromatic nitrogens is 2. The van der Waals surface area contributed by atoms with Gasteiger partial charge in [-0.1, -0.05) is 18.5 Å². The van der Waals surface area contributed by atoms with Gasteiger partial charge in [-0.3, -0.25) is 0 Å². The lowest BCUT2D eigenvalue weighted by Crippen LogP contribution is -2.07. The van der Waals surface area contributed by atoms with Crippen LogP contribution in [0.5, 0.6) is 0 Å². The number of hydrogen-bond acceptors (Lipinski definition) is 2. The Balaban J connectivity index is 2.06. The van der Waals surface area contributed by atoms with Crippen molar-refractivity contribution >= 4 is 33.2 Å². The molecule has 0 spiro atoms. The average molecular weight is 329 g/mol. The molecule has 1 aromatic heterocycles. The monoisotopic (exact) mass is 327 g/mol. The molecule has 0 aliphatic carbocycles. The van der Waals surface area contributed by atoms with Crippen LogP contribution in [0.4, 0.5) is 5.69 Å². The zero-order chi connectivity index (χ0) is 13.0. The third-order valence-corrected chi connectivity index (χ3v) is 3.58. The molecule has 0 saturated heterocycles. The van der Waals surface area contributed by atoms with E-state index in [9.17, 15) is 0 Å². The molecule has 0 fully saturated rings. The Hall–Kier alpha value is -1.000. The summed E-state index contributed by atoms with van der Waals surface area (Å²) in [7, 11) is 0. The Kier molecular flexibility index (Phi) is 4.66. The van der Waals surface area contributed by atoms with Gasteiger partial charge in [0.2, 0.25) is 0 Å². The minimum absolute atomic E-state index is 0.725. The van der Waals surface area contributed by atoms with Crippen molar-refractivity contribution in [1.82, 2.24) is 9.55 Å². The molecule has 0 atom stereocenters. The minimum atomic E-state index is 0.725. The van der Waals surface area contributed by atoms with Gasteiger partial charge >= 0.3 is 0 Å². The quantitative estimate of drug-likeness (QED) is 0.886. The van der Waals surface area contributed by atoms with Gasteiger partial charge in [-0.2, -0.15) is 0 Å². The molecule has 0 radical (unpaired) electrons. The van der Waals surface area contributed by atoms with E-state index >= 15 is 0 Å². The van der Waals surface area contributed by atoms with Crippen LogP contribution in [0.2, 0.25) is 5.02 Å². The van der Waals surface area contributed by atoms with E-state index in [1.165, 1.54) is 5.69 Å². The zero-order valence-corrected chi connectivity index (χ0v) is 12.5. The summed E-state index contributed by atoms with van der Waals surface area (Å²) in [5.74, 6) is 0. The van der Waals surface area contributed by atoms with Crippen molar-refractivity contribution in [3.05, 3.63) is 45.9 Å². The highest BCUT2D eigenvalue weighted by Gasteiger charge is 2.04. The number of halogens is 2. The molecule has 2 aromatic rings. The lowest BCUT2D eigenvalue weighted by atomic mass is 10.3. The van der Waals surface area contributed by atoms with E-state index in [-0.39, 0.29) is 0 Å². The Morgan fingerprint density at radius 1 is 1.44 bits per heavy atom. The molecule has 1 aromatic carbocycles. The predicted molar refractivity (Wildman–Crippen MR) is 79.0 cm³/mol. The molecule has 1 heterocycles. The molecule has 0 aliphatic heterocycles. The number of benzene rings is 1. The topological polar surface area (TPSA) is 29.9 Å². The van der Waals surface area contributed by atoms with Crippen LogP contribution < -0.4 is 5.32 Å². The van der Waals surface area contributed by atoms with Crippen molar-refractivity contribution in [2.45, 2.75) is 26.4 Å².